The molecule has 2 aliphatic rings. The van der Waals surface area contributed by atoms with Crippen LogP contribution in [0.1, 0.15) is 17.5 Å². The highest BCUT2D eigenvalue weighted by Crippen LogP contribution is 2.24. The topological polar surface area (TPSA) is 79.0 Å². The Bertz CT molecular complexity index is 926. The number of hydrogen-bond donors (Lipinski definition) is 1. The summed E-state index contributed by atoms with van der Waals surface area (Å²) in [7, 11) is 1.54. The maximum absolute atomic E-state index is 12.7. The molecule has 2 aromatic carbocycles. The normalized spacial score (nSPS) is 18.7. The maximum atomic E-state index is 12.7. The second kappa shape index (κ2) is 7.34. The lowest BCUT2D eigenvalue weighted by atomic mass is 9.99. The molecule has 28 heavy (non-hydrogen) atoms. The summed E-state index contributed by atoms with van der Waals surface area (Å²) in [6.45, 7) is 1.15. The Morgan fingerprint density at radius 3 is 2.54 bits per heavy atom. The number of ether oxygens (including phenoxy) is 1. The number of urea groups is 1. The van der Waals surface area contributed by atoms with Gasteiger partial charge in [-0.3, -0.25) is 9.59 Å². The number of methoxy groups -OCH3 is 1. The number of hydrogen-bond acceptors (Lipinski definition) is 4. The summed E-state index contributed by atoms with van der Waals surface area (Å²) in [5, 5.41) is 2.63. The van der Waals surface area contributed by atoms with Gasteiger partial charge in [-0.15, -0.1) is 0 Å². The Hall–Kier alpha value is -3.35. The average molecular weight is 379 g/mol. The number of anilines is 1. The van der Waals surface area contributed by atoms with Gasteiger partial charge in [-0.2, -0.15) is 0 Å². The van der Waals surface area contributed by atoms with Crippen LogP contribution >= 0.6 is 0 Å². The molecule has 0 radical (unpaired) electrons. The van der Waals surface area contributed by atoms with Gasteiger partial charge in [-0.1, -0.05) is 24.3 Å². The van der Waals surface area contributed by atoms with Crippen molar-refractivity contribution in [2.24, 2.45) is 0 Å². The summed E-state index contributed by atoms with van der Waals surface area (Å²) >= 11 is 0. The van der Waals surface area contributed by atoms with Gasteiger partial charge in [-0.25, -0.2) is 9.69 Å². The number of nitrogens with one attached hydrogen (secondary N) is 1. The average Bonchev–Trinajstić information content (AvgIpc) is 3.00. The first-order valence-corrected chi connectivity index (χ1v) is 9.20. The predicted octanol–water partition coefficient (Wildman–Crippen LogP) is 2.09. The van der Waals surface area contributed by atoms with Crippen molar-refractivity contribution in [2.75, 3.05) is 18.6 Å². The van der Waals surface area contributed by atoms with Crippen LogP contribution < -0.4 is 15.0 Å². The maximum Gasteiger partial charge on any atom is 0.329 e. The van der Waals surface area contributed by atoms with Gasteiger partial charge in [0.2, 0.25) is 5.91 Å². The smallest absolute Gasteiger partial charge is 0.329 e. The minimum absolute atomic E-state index is 0.0423. The van der Waals surface area contributed by atoms with E-state index in [4.69, 9.17) is 4.74 Å². The Balaban J connectivity index is 1.43. The van der Waals surface area contributed by atoms with Crippen LogP contribution in [-0.4, -0.2) is 42.4 Å². The Morgan fingerprint density at radius 1 is 1.11 bits per heavy atom. The summed E-state index contributed by atoms with van der Waals surface area (Å²) in [6, 6.07) is 13.3. The van der Waals surface area contributed by atoms with Crippen molar-refractivity contribution in [3.63, 3.8) is 0 Å². The highest BCUT2D eigenvalue weighted by molar-refractivity contribution is 6.22. The molecule has 7 heteroatoms. The summed E-state index contributed by atoms with van der Waals surface area (Å²) in [5.41, 5.74) is 2.83. The van der Waals surface area contributed by atoms with Gasteiger partial charge in [0.15, 0.2) is 0 Å². The van der Waals surface area contributed by atoms with E-state index in [2.05, 4.69) is 11.4 Å². The van der Waals surface area contributed by atoms with Crippen LogP contribution in [0, 0.1) is 0 Å². The van der Waals surface area contributed by atoms with Gasteiger partial charge in [-0.05, 0) is 41.8 Å². The minimum Gasteiger partial charge on any atom is -0.497 e. The molecule has 1 saturated heterocycles. The molecule has 2 aromatic rings. The van der Waals surface area contributed by atoms with Crippen molar-refractivity contribution >= 4 is 23.5 Å². The van der Waals surface area contributed by atoms with Crippen molar-refractivity contribution in [3.8, 4) is 5.75 Å². The number of imide groups is 1. The van der Waals surface area contributed by atoms with Crippen molar-refractivity contribution in [1.29, 1.82) is 0 Å². The fraction of sp³-hybridized carbons (Fsp3) is 0.286. The third-order valence-corrected chi connectivity index (χ3v) is 5.21. The van der Waals surface area contributed by atoms with Gasteiger partial charge < -0.3 is 15.0 Å². The molecule has 0 unspecified atom stereocenters. The van der Waals surface area contributed by atoms with E-state index in [0.717, 1.165) is 16.9 Å². The molecule has 0 aromatic heterocycles. The second-order valence-corrected chi connectivity index (χ2v) is 6.91. The van der Waals surface area contributed by atoms with E-state index in [1.54, 1.807) is 36.3 Å². The fourth-order valence-electron chi connectivity index (χ4n) is 3.66. The first-order chi connectivity index (χ1) is 13.6. The van der Waals surface area contributed by atoms with Crippen molar-refractivity contribution < 1.29 is 19.1 Å². The predicted molar refractivity (Wildman–Crippen MR) is 103 cm³/mol. The summed E-state index contributed by atoms with van der Waals surface area (Å²) in [4.78, 5) is 40.6. The van der Waals surface area contributed by atoms with E-state index in [1.807, 2.05) is 18.2 Å². The molecule has 1 atom stereocenters. The van der Waals surface area contributed by atoms with E-state index in [-0.39, 0.29) is 12.3 Å². The molecule has 0 saturated carbocycles. The minimum atomic E-state index is -0.848. The number of rotatable bonds is 4. The lowest BCUT2D eigenvalue weighted by Crippen LogP contribution is -2.41. The molecule has 0 aliphatic carbocycles. The zero-order valence-corrected chi connectivity index (χ0v) is 15.6. The molecule has 2 heterocycles. The second-order valence-electron chi connectivity index (χ2n) is 6.91. The van der Waals surface area contributed by atoms with Crippen LogP contribution in [0.5, 0.6) is 5.75 Å². The molecule has 0 bridgehead atoms. The molecular formula is C21H21N3O4. The third-order valence-electron chi connectivity index (χ3n) is 5.21. The Morgan fingerprint density at radius 2 is 1.82 bits per heavy atom. The van der Waals surface area contributed by atoms with Gasteiger partial charge in [0.05, 0.1) is 19.2 Å². The van der Waals surface area contributed by atoms with E-state index in [9.17, 15) is 14.4 Å². The molecular weight excluding hydrogens is 358 g/mol. The van der Waals surface area contributed by atoms with Crippen molar-refractivity contribution in [2.45, 2.75) is 25.4 Å². The molecule has 4 amide bonds. The van der Waals surface area contributed by atoms with Gasteiger partial charge in [0.1, 0.15) is 11.8 Å². The molecule has 1 N–H and O–H groups in total. The fourth-order valence-corrected chi connectivity index (χ4v) is 3.66. The first-order valence-electron chi connectivity index (χ1n) is 9.20. The summed E-state index contributed by atoms with van der Waals surface area (Å²) in [5.74, 6) is 0.0820. The van der Waals surface area contributed by atoms with Gasteiger partial charge in [0.25, 0.3) is 5.91 Å². The lowest BCUT2D eigenvalue weighted by molar-refractivity contribution is -0.134. The highest BCUT2D eigenvalue weighted by atomic mass is 16.5. The van der Waals surface area contributed by atoms with E-state index in [1.165, 1.54) is 5.56 Å². The number of nitrogens with zero attached hydrogens (tertiary/aromatic N) is 2. The number of carbonyl (C=O) groups is 3. The molecule has 1 fully saturated rings. The summed E-state index contributed by atoms with van der Waals surface area (Å²) < 4.78 is 5.10. The van der Waals surface area contributed by atoms with Gasteiger partial charge in [0, 0.05) is 13.1 Å². The molecule has 2 aliphatic heterocycles. The quantitative estimate of drug-likeness (QED) is 0.825. The molecule has 0 spiro atoms. The van der Waals surface area contributed by atoms with Crippen LogP contribution in [0.3, 0.4) is 0 Å². The first kappa shape index (κ1) is 18.0. The number of amides is 4. The van der Waals surface area contributed by atoms with Crippen LogP contribution in [0.15, 0.2) is 48.5 Å². The van der Waals surface area contributed by atoms with Crippen LogP contribution in [-0.2, 0) is 22.6 Å². The highest BCUT2D eigenvalue weighted by Gasteiger charge is 2.40. The Kier molecular flexibility index (Phi) is 4.73. The molecule has 4 rings (SSSR count). The van der Waals surface area contributed by atoms with Gasteiger partial charge >= 0.3 is 6.03 Å². The Labute approximate surface area is 162 Å². The zero-order valence-electron chi connectivity index (χ0n) is 15.6. The van der Waals surface area contributed by atoms with Crippen LogP contribution in [0.4, 0.5) is 10.5 Å². The SMILES string of the molecule is COc1ccc(N2C(=O)N[C@H](CC(=O)N3CCc4ccccc4C3)C2=O)cc1. The number of fused-ring (bicyclic) bond motifs is 1. The van der Waals surface area contributed by atoms with Crippen LogP contribution in [0.25, 0.3) is 0 Å². The third kappa shape index (κ3) is 3.31. The standard InChI is InChI=1S/C21H21N3O4/c1-28-17-8-6-16(7-9-17)24-20(26)18(22-21(24)27)12-19(25)23-11-10-14-4-2-3-5-15(14)13-23/h2-9,18H,10-13H2,1H3,(H,22,27)/t18-/m1/s1. The van der Waals surface area contributed by atoms with Crippen molar-refractivity contribution in [3.05, 3.63) is 59.7 Å². The largest absolute Gasteiger partial charge is 0.497 e. The number of carbonyl (C=O) groups excluding carboxylic acids is 3. The van der Waals surface area contributed by atoms with Crippen molar-refractivity contribution in [1.82, 2.24) is 10.2 Å². The molecule has 144 valence electrons. The number of benzene rings is 2. The zero-order chi connectivity index (χ0) is 19.7. The monoisotopic (exact) mass is 379 g/mol. The summed E-state index contributed by atoms with van der Waals surface area (Å²) in [6.07, 6.45) is 0.754. The lowest BCUT2D eigenvalue weighted by Gasteiger charge is -2.29. The van der Waals surface area contributed by atoms with E-state index >= 15 is 0 Å². The van der Waals surface area contributed by atoms with Crippen LogP contribution in [0.2, 0.25) is 0 Å². The molecule has 7 nitrogen and oxygen atoms in total. The van der Waals surface area contributed by atoms with E-state index < -0.39 is 18.0 Å². The van der Waals surface area contributed by atoms with E-state index in [0.29, 0.717) is 24.5 Å².